The summed E-state index contributed by atoms with van der Waals surface area (Å²) in [5.41, 5.74) is 2.80. The van der Waals surface area contributed by atoms with E-state index < -0.39 is 0 Å². The molecular formula is C21H18FN3O2. The summed E-state index contributed by atoms with van der Waals surface area (Å²) in [7, 11) is 0. The minimum atomic E-state index is -0.324. The third kappa shape index (κ3) is 5.47. The smallest absolute Gasteiger partial charge is 0.257 e. The Morgan fingerprint density at radius 1 is 0.926 bits per heavy atom. The van der Waals surface area contributed by atoms with E-state index in [2.05, 4.69) is 15.6 Å². The molecule has 0 fully saturated rings. The highest BCUT2D eigenvalue weighted by Crippen LogP contribution is 2.11. The average Bonchev–Trinajstić information content (AvgIpc) is 2.70. The predicted molar refractivity (Wildman–Crippen MR) is 101 cm³/mol. The van der Waals surface area contributed by atoms with Crippen molar-refractivity contribution in [2.24, 2.45) is 0 Å². The number of nitrogens with one attached hydrogen (secondary N) is 2. The Morgan fingerprint density at radius 2 is 1.63 bits per heavy atom. The van der Waals surface area contributed by atoms with Crippen LogP contribution in [0.5, 0.6) is 0 Å². The van der Waals surface area contributed by atoms with Crippen molar-refractivity contribution in [3.05, 3.63) is 95.6 Å². The van der Waals surface area contributed by atoms with Crippen LogP contribution in [0.4, 0.5) is 10.1 Å². The number of aromatic nitrogens is 1. The maximum Gasteiger partial charge on any atom is 0.257 e. The third-order valence-electron chi connectivity index (χ3n) is 3.90. The first-order valence-electron chi connectivity index (χ1n) is 8.41. The van der Waals surface area contributed by atoms with Gasteiger partial charge in [-0.1, -0.05) is 24.3 Å². The van der Waals surface area contributed by atoms with Gasteiger partial charge in [-0.3, -0.25) is 14.6 Å². The van der Waals surface area contributed by atoms with Gasteiger partial charge in [-0.2, -0.15) is 0 Å². The minimum absolute atomic E-state index is 0.143. The van der Waals surface area contributed by atoms with E-state index in [4.69, 9.17) is 0 Å². The lowest BCUT2D eigenvalue weighted by molar-refractivity contribution is -0.120. The van der Waals surface area contributed by atoms with Crippen molar-refractivity contribution in [1.82, 2.24) is 10.3 Å². The topological polar surface area (TPSA) is 71.1 Å². The van der Waals surface area contributed by atoms with Crippen LogP contribution in [0.25, 0.3) is 0 Å². The van der Waals surface area contributed by atoms with Crippen molar-refractivity contribution < 1.29 is 14.0 Å². The van der Waals surface area contributed by atoms with Gasteiger partial charge in [-0.15, -0.1) is 0 Å². The molecule has 2 N–H and O–H groups in total. The molecule has 2 amide bonds. The maximum atomic E-state index is 12.9. The Morgan fingerprint density at radius 3 is 2.30 bits per heavy atom. The molecule has 1 heterocycles. The van der Waals surface area contributed by atoms with E-state index >= 15 is 0 Å². The average molecular weight is 363 g/mol. The number of halogens is 1. The summed E-state index contributed by atoms with van der Waals surface area (Å²) in [5.74, 6) is -0.700. The SMILES string of the molecule is O=C(Cc1ccc(F)cc1)NCc1ccc(NC(=O)c2cccnc2)cc1. The second-order valence-electron chi connectivity index (χ2n) is 5.97. The Kier molecular flexibility index (Phi) is 5.89. The van der Waals surface area contributed by atoms with E-state index in [0.717, 1.165) is 11.1 Å². The summed E-state index contributed by atoms with van der Waals surface area (Å²) < 4.78 is 12.9. The molecule has 0 saturated carbocycles. The summed E-state index contributed by atoms with van der Waals surface area (Å²) in [6.45, 7) is 0.372. The van der Waals surface area contributed by atoms with E-state index in [1.54, 1.807) is 42.6 Å². The van der Waals surface area contributed by atoms with E-state index in [1.165, 1.54) is 18.3 Å². The van der Waals surface area contributed by atoms with E-state index in [0.29, 0.717) is 17.8 Å². The summed E-state index contributed by atoms with van der Waals surface area (Å²) in [5, 5.41) is 5.61. The number of amides is 2. The van der Waals surface area contributed by atoms with Gasteiger partial charge in [0.25, 0.3) is 5.91 Å². The van der Waals surface area contributed by atoms with Gasteiger partial charge in [0, 0.05) is 24.6 Å². The van der Waals surface area contributed by atoms with Crippen molar-refractivity contribution in [2.75, 3.05) is 5.32 Å². The number of hydrogen-bond acceptors (Lipinski definition) is 3. The molecule has 3 rings (SSSR count). The number of nitrogens with zero attached hydrogens (tertiary/aromatic N) is 1. The second-order valence-corrected chi connectivity index (χ2v) is 5.97. The number of hydrogen-bond donors (Lipinski definition) is 2. The van der Waals surface area contributed by atoms with Crippen LogP contribution >= 0.6 is 0 Å². The zero-order chi connectivity index (χ0) is 19.1. The van der Waals surface area contributed by atoms with Crippen LogP contribution in [-0.4, -0.2) is 16.8 Å². The van der Waals surface area contributed by atoms with E-state index in [1.807, 2.05) is 12.1 Å². The fourth-order valence-electron chi connectivity index (χ4n) is 2.46. The van der Waals surface area contributed by atoms with Gasteiger partial charge in [-0.05, 0) is 47.5 Å². The van der Waals surface area contributed by atoms with Crippen LogP contribution in [0.2, 0.25) is 0 Å². The zero-order valence-electron chi connectivity index (χ0n) is 14.5. The third-order valence-corrected chi connectivity index (χ3v) is 3.90. The molecular weight excluding hydrogens is 345 g/mol. The van der Waals surface area contributed by atoms with E-state index in [9.17, 15) is 14.0 Å². The van der Waals surface area contributed by atoms with Gasteiger partial charge in [0.05, 0.1) is 12.0 Å². The summed E-state index contributed by atoms with van der Waals surface area (Å²) in [6.07, 6.45) is 3.30. The molecule has 2 aromatic carbocycles. The van der Waals surface area contributed by atoms with Gasteiger partial charge in [0.2, 0.25) is 5.91 Å². The first kappa shape index (κ1) is 18.3. The molecule has 0 aliphatic heterocycles. The highest BCUT2D eigenvalue weighted by Gasteiger charge is 2.06. The van der Waals surface area contributed by atoms with Crippen LogP contribution in [0.1, 0.15) is 21.5 Å². The standard InChI is InChI=1S/C21H18FN3O2/c22-18-7-3-15(4-8-18)12-20(26)24-13-16-5-9-19(10-6-16)25-21(27)17-2-1-11-23-14-17/h1-11,14H,12-13H2,(H,24,26)(H,25,27). The largest absolute Gasteiger partial charge is 0.352 e. The van der Waals surface area contributed by atoms with Crippen LogP contribution in [0, 0.1) is 5.82 Å². The number of benzene rings is 2. The number of pyridine rings is 1. The van der Waals surface area contributed by atoms with Crippen molar-refractivity contribution in [3.63, 3.8) is 0 Å². The highest BCUT2D eigenvalue weighted by atomic mass is 19.1. The fourth-order valence-corrected chi connectivity index (χ4v) is 2.46. The Balaban J connectivity index is 1.49. The van der Waals surface area contributed by atoms with Crippen LogP contribution in [0.3, 0.4) is 0 Å². The van der Waals surface area contributed by atoms with Gasteiger partial charge < -0.3 is 10.6 Å². The Bertz CT molecular complexity index is 910. The molecule has 0 aliphatic carbocycles. The molecule has 1 aromatic heterocycles. The summed E-state index contributed by atoms with van der Waals surface area (Å²) in [4.78, 5) is 28.0. The summed E-state index contributed by atoms with van der Waals surface area (Å²) in [6, 6.07) is 16.4. The van der Waals surface area contributed by atoms with Crippen molar-refractivity contribution in [2.45, 2.75) is 13.0 Å². The Hall–Kier alpha value is -3.54. The molecule has 0 bridgehead atoms. The van der Waals surface area contributed by atoms with Gasteiger partial charge >= 0.3 is 0 Å². The molecule has 0 radical (unpaired) electrons. The molecule has 3 aromatic rings. The van der Waals surface area contributed by atoms with Crippen molar-refractivity contribution in [1.29, 1.82) is 0 Å². The van der Waals surface area contributed by atoms with Crippen molar-refractivity contribution >= 4 is 17.5 Å². The lowest BCUT2D eigenvalue weighted by Crippen LogP contribution is -2.24. The monoisotopic (exact) mass is 363 g/mol. The van der Waals surface area contributed by atoms with E-state index in [-0.39, 0.29) is 24.1 Å². The van der Waals surface area contributed by atoms with Crippen LogP contribution in [-0.2, 0) is 17.8 Å². The highest BCUT2D eigenvalue weighted by molar-refractivity contribution is 6.04. The normalized spacial score (nSPS) is 10.3. The molecule has 5 nitrogen and oxygen atoms in total. The quantitative estimate of drug-likeness (QED) is 0.706. The number of rotatable bonds is 6. The lowest BCUT2D eigenvalue weighted by atomic mass is 10.1. The first-order valence-corrected chi connectivity index (χ1v) is 8.41. The molecule has 0 unspecified atom stereocenters. The number of carbonyl (C=O) groups is 2. The first-order chi connectivity index (χ1) is 13.1. The Labute approximate surface area is 156 Å². The lowest BCUT2D eigenvalue weighted by Gasteiger charge is -2.08. The summed E-state index contributed by atoms with van der Waals surface area (Å²) >= 11 is 0. The van der Waals surface area contributed by atoms with Gasteiger partial charge in [0.1, 0.15) is 5.82 Å². The van der Waals surface area contributed by atoms with Crippen LogP contribution < -0.4 is 10.6 Å². The molecule has 0 spiro atoms. The molecule has 27 heavy (non-hydrogen) atoms. The predicted octanol–water partition coefficient (Wildman–Crippen LogP) is 3.33. The molecule has 136 valence electrons. The van der Waals surface area contributed by atoms with Crippen molar-refractivity contribution in [3.8, 4) is 0 Å². The molecule has 6 heteroatoms. The molecule has 0 saturated heterocycles. The fraction of sp³-hybridized carbons (Fsp3) is 0.0952. The van der Waals surface area contributed by atoms with Gasteiger partial charge in [0.15, 0.2) is 0 Å². The minimum Gasteiger partial charge on any atom is -0.352 e. The zero-order valence-corrected chi connectivity index (χ0v) is 14.5. The number of anilines is 1. The number of carbonyl (C=O) groups excluding carboxylic acids is 2. The van der Waals surface area contributed by atoms with Crippen LogP contribution in [0.15, 0.2) is 73.1 Å². The molecule has 0 aliphatic rings. The molecule has 0 atom stereocenters. The maximum absolute atomic E-state index is 12.9. The van der Waals surface area contributed by atoms with Gasteiger partial charge in [-0.25, -0.2) is 4.39 Å². The second kappa shape index (κ2) is 8.71.